The van der Waals surface area contributed by atoms with Crippen molar-refractivity contribution in [1.29, 1.82) is 0 Å². The van der Waals surface area contributed by atoms with Crippen molar-refractivity contribution in [3.05, 3.63) is 0 Å². The zero-order valence-electron chi connectivity index (χ0n) is 8.81. The predicted octanol–water partition coefficient (Wildman–Crippen LogP) is 1.04. The summed E-state index contributed by atoms with van der Waals surface area (Å²) < 4.78 is 10.4. The Morgan fingerprint density at radius 3 is 2.25 bits per heavy atom. The highest BCUT2D eigenvalue weighted by Crippen LogP contribution is 2.15. The average Bonchev–Trinajstić information content (AvgIpc) is 2.03. The molecule has 0 aliphatic heterocycles. The zero-order chi connectivity index (χ0) is 9.61. The summed E-state index contributed by atoms with van der Waals surface area (Å²) in [5.74, 6) is 0. The van der Waals surface area contributed by atoms with Crippen LogP contribution in [0.3, 0.4) is 0 Å². The Labute approximate surface area is 75.4 Å². The highest BCUT2D eigenvalue weighted by Gasteiger charge is 2.21. The number of ether oxygens (including phenoxy) is 2. The number of methoxy groups -OCH3 is 2. The van der Waals surface area contributed by atoms with Crippen LogP contribution >= 0.6 is 0 Å². The van der Waals surface area contributed by atoms with Gasteiger partial charge in [0.2, 0.25) is 0 Å². The SMILES string of the molecule is CNC(COC)CC(C)(C)OC. The van der Waals surface area contributed by atoms with E-state index in [-0.39, 0.29) is 5.60 Å². The fourth-order valence-electron chi connectivity index (χ4n) is 1.12. The quantitative estimate of drug-likeness (QED) is 0.654. The standard InChI is InChI=1S/C9H21NO2/c1-9(2,12-5)6-8(10-3)7-11-4/h8,10H,6-7H2,1-5H3. The van der Waals surface area contributed by atoms with Crippen LogP contribution in [0.4, 0.5) is 0 Å². The van der Waals surface area contributed by atoms with Gasteiger partial charge >= 0.3 is 0 Å². The molecule has 0 aliphatic rings. The van der Waals surface area contributed by atoms with Crippen LogP contribution < -0.4 is 5.32 Å². The van der Waals surface area contributed by atoms with Crippen LogP contribution in [0.1, 0.15) is 20.3 Å². The summed E-state index contributed by atoms with van der Waals surface area (Å²) in [5, 5.41) is 3.19. The van der Waals surface area contributed by atoms with Crippen LogP contribution in [0.5, 0.6) is 0 Å². The Morgan fingerprint density at radius 2 is 1.92 bits per heavy atom. The predicted molar refractivity (Wildman–Crippen MR) is 50.4 cm³/mol. The number of likely N-dealkylation sites (N-methyl/N-ethyl adjacent to an activating group) is 1. The molecule has 74 valence electrons. The van der Waals surface area contributed by atoms with E-state index in [0.29, 0.717) is 6.04 Å². The van der Waals surface area contributed by atoms with Crippen molar-refractivity contribution < 1.29 is 9.47 Å². The Balaban J connectivity index is 3.83. The van der Waals surface area contributed by atoms with Crippen molar-refractivity contribution in [1.82, 2.24) is 5.32 Å². The van der Waals surface area contributed by atoms with E-state index in [0.717, 1.165) is 13.0 Å². The van der Waals surface area contributed by atoms with Crippen LogP contribution in [-0.4, -0.2) is 39.5 Å². The van der Waals surface area contributed by atoms with E-state index < -0.39 is 0 Å². The Hall–Kier alpha value is -0.120. The minimum absolute atomic E-state index is 0.0772. The van der Waals surface area contributed by atoms with Crippen molar-refractivity contribution >= 4 is 0 Å². The molecule has 0 saturated heterocycles. The molecule has 0 heterocycles. The first-order valence-electron chi connectivity index (χ1n) is 4.27. The third-order valence-electron chi connectivity index (χ3n) is 2.07. The normalized spacial score (nSPS) is 14.8. The summed E-state index contributed by atoms with van der Waals surface area (Å²) in [6.45, 7) is 4.88. The zero-order valence-corrected chi connectivity index (χ0v) is 8.81. The molecule has 1 atom stereocenters. The van der Waals surface area contributed by atoms with Gasteiger partial charge in [0.1, 0.15) is 0 Å². The summed E-state index contributed by atoms with van der Waals surface area (Å²) in [6.07, 6.45) is 0.952. The maximum atomic E-state index is 5.32. The second kappa shape index (κ2) is 5.51. The van der Waals surface area contributed by atoms with E-state index in [2.05, 4.69) is 19.2 Å². The summed E-state index contributed by atoms with van der Waals surface area (Å²) in [7, 11) is 5.39. The van der Waals surface area contributed by atoms with Gasteiger partial charge in [-0.1, -0.05) is 0 Å². The van der Waals surface area contributed by atoms with Crippen LogP contribution in [0.15, 0.2) is 0 Å². The fraction of sp³-hybridized carbons (Fsp3) is 1.00. The second-order valence-electron chi connectivity index (χ2n) is 3.61. The Bertz CT molecular complexity index is 115. The summed E-state index contributed by atoms with van der Waals surface area (Å²) in [6, 6.07) is 0.366. The monoisotopic (exact) mass is 175 g/mol. The van der Waals surface area contributed by atoms with Gasteiger partial charge in [-0.3, -0.25) is 0 Å². The van der Waals surface area contributed by atoms with Crippen molar-refractivity contribution in [3.8, 4) is 0 Å². The van der Waals surface area contributed by atoms with Crippen LogP contribution in [0, 0.1) is 0 Å². The third kappa shape index (κ3) is 4.70. The summed E-state index contributed by atoms with van der Waals surface area (Å²) >= 11 is 0. The Morgan fingerprint density at radius 1 is 1.33 bits per heavy atom. The lowest BCUT2D eigenvalue weighted by Crippen LogP contribution is -2.38. The van der Waals surface area contributed by atoms with Gasteiger partial charge in [-0.05, 0) is 27.3 Å². The lowest BCUT2D eigenvalue weighted by atomic mass is 9.99. The van der Waals surface area contributed by atoms with E-state index in [1.54, 1.807) is 14.2 Å². The van der Waals surface area contributed by atoms with E-state index in [9.17, 15) is 0 Å². The Kier molecular flexibility index (Phi) is 5.46. The first-order valence-corrected chi connectivity index (χ1v) is 4.27. The van der Waals surface area contributed by atoms with E-state index in [4.69, 9.17) is 9.47 Å². The van der Waals surface area contributed by atoms with Gasteiger partial charge in [-0.25, -0.2) is 0 Å². The molecule has 1 N–H and O–H groups in total. The minimum atomic E-state index is -0.0772. The molecule has 0 aliphatic carbocycles. The maximum absolute atomic E-state index is 5.32. The molecule has 3 nitrogen and oxygen atoms in total. The molecule has 0 spiro atoms. The van der Waals surface area contributed by atoms with E-state index >= 15 is 0 Å². The fourth-order valence-corrected chi connectivity index (χ4v) is 1.12. The van der Waals surface area contributed by atoms with Crippen LogP contribution in [-0.2, 0) is 9.47 Å². The van der Waals surface area contributed by atoms with E-state index in [1.807, 2.05) is 7.05 Å². The van der Waals surface area contributed by atoms with Crippen LogP contribution in [0.2, 0.25) is 0 Å². The van der Waals surface area contributed by atoms with Gasteiger partial charge in [-0.15, -0.1) is 0 Å². The van der Waals surface area contributed by atoms with Crippen molar-refractivity contribution in [3.63, 3.8) is 0 Å². The number of rotatable bonds is 6. The molecule has 0 radical (unpaired) electrons. The number of hydrogen-bond acceptors (Lipinski definition) is 3. The van der Waals surface area contributed by atoms with Gasteiger partial charge in [0, 0.05) is 20.3 Å². The first-order chi connectivity index (χ1) is 5.55. The molecule has 0 rings (SSSR count). The van der Waals surface area contributed by atoms with Gasteiger partial charge in [0.25, 0.3) is 0 Å². The molecular formula is C9H21NO2. The molecule has 0 aromatic heterocycles. The topological polar surface area (TPSA) is 30.5 Å². The highest BCUT2D eigenvalue weighted by molar-refractivity contribution is 4.76. The molecule has 0 fully saturated rings. The maximum Gasteiger partial charge on any atom is 0.0638 e. The van der Waals surface area contributed by atoms with Gasteiger partial charge in [0.05, 0.1) is 12.2 Å². The summed E-state index contributed by atoms with van der Waals surface area (Å²) in [5.41, 5.74) is -0.0772. The molecule has 0 saturated carbocycles. The highest BCUT2D eigenvalue weighted by atomic mass is 16.5. The molecule has 0 aromatic rings. The molecule has 0 bridgehead atoms. The lowest BCUT2D eigenvalue weighted by Gasteiger charge is -2.27. The van der Waals surface area contributed by atoms with Gasteiger partial charge in [0.15, 0.2) is 0 Å². The molecule has 3 heteroatoms. The van der Waals surface area contributed by atoms with Crippen molar-refractivity contribution in [2.75, 3.05) is 27.9 Å². The molecule has 0 amide bonds. The first kappa shape index (κ1) is 11.9. The molecule has 1 unspecified atom stereocenters. The largest absolute Gasteiger partial charge is 0.383 e. The smallest absolute Gasteiger partial charge is 0.0638 e. The molecule has 0 aromatic carbocycles. The minimum Gasteiger partial charge on any atom is -0.383 e. The molecular weight excluding hydrogens is 154 g/mol. The molecule has 12 heavy (non-hydrogen) atoms. The third-order valence-corrected chi connectivity index (χ3v) is 2.07. The second-order valence-corrected chi connectivity index (χ2v) is 3.61. The lowest BCUT2D eigenvalue weighted by molar-refractivity contribution is -0.000145. The average molecular weight is 175 g/mol. The van der Waals surface area contributed by atoms with Crippen molar-refractivity contribution in [2.45, 2.75) is 31.9 Å². The van der Waals surface area contributed by atoms with Crippen LogP contribution in [0.25, 0.3) is 0 Å². The van der Waals surface area contributed by atoms with E-state index in [1.165, 1.54) is 0 Å². The van der Waals surface area contributed by atoms with Gasteiger partial charge < -0.3 is 14.8 Å². The summed E-state index contributed by atoms with van der Waals surface area (Å²) in [4.78, 5) is 0. The number of hydrogen-bond donors (Lipinski definition) is 1. The van der Waals surface area contributed by atoms with Gasteiger partial charge in [-0.2, -0.15) is 0 Å². The van der Waals surface area contributed by atoms with Crippen molar-refractivity contribution in [2.24, 2.45) is 0 Å². The number of nitrogens with one attached hydrogen (secondary N) is 1.